The molecule has 6 nitrogen and oxygen atoms in total. The van der Waals surface area contributed by atoms with Crippen molar-refractivity contribution in [3.63, 3.8) is 0 Å². The average molecular weight is 407 g/mol. The highest BCUT2D eigenvalue weighted by atomic mass is 16.2. The van der Waals surface area contributed by atoms with E-state index in [9.17, 15) is 9.59 Å². The molecule has 2 aromatic carbocycles. The van der Waals surface area contributed by atoms with Crippen LogP contribution in [-0.2, 0) is 11.2 Å². The number of carbonyl (C=O) groups is 2. The van der Waals surface area contributed by atoms with Crippen LogP contribution in [0.1, 0.15) is 22.3 Å². The number of piperazine rings is 1. The second-order valence-electron chi connectivity index (χ2n) is 8.18. The number of nitrogens with zero attached hydrogens (tertiary/aromatic N) is 3. The van der Waals surface area contributed by atoms with Crippen molar-refractivity contribution in [2.75, 3.05) is 51.2 Å². The summed E-state index contributed by atoms with van der Waals surface area (Å²) in [6.07, 6.45) is 1.47. The molecule has 2 heterocycles. The fourth-order valence-electron chi connectivity index (χ4n) is 4.27. The smallest absolute Gasteiger partial charge is 0.259 e. The molecule has 2 amide bonds. The Morgan fingerprint density at radius 2 is 1.67 bits per heavy atom. The van der Waals surface area contributed by atoms with Crippen molar-refractivity contribution in [2.45, 2.75) is 18.9 Å². The fourth-order valence-corrected chi connectivity index (χ4v) is 4.27. The Morgan fingerprint density at radius 1 is 0.967 bits per heavy atom. The largest absolute Gasteiger partial charge is 0.354 e. The molecule has 0 spiro atoms. The van der Waals surface area contributed by atoms with Crippen molar-refractivity contribution in [1.29, 1.82) is 0 Å². The van der Waals surface area contributed by atoms with Crippen LogP contribution in [0.15, 0.2) is 54.6 Å². The lowest BCUT2D eigenvalue weighted by Gasteiger charge is -2.32. The van der Waals surface area contributed by atoms with E-state index in [0.717, 1.165) is 50.4 Å². The number of para-hydroxylation sites is 1. The first kappa shape index (κ1) is 20.6. The van der Waals surface area contributed by atoms with E-state index in [1.165, 1.54) is 0 Å². The van der Waals surface area contributed by atoms with Gasteiger partial charge in [-0.2, -0.15) is 0 Å². The third-order valence-electron chi connectivity index (χ3n) is 6.06. The number of hydrogen-bond donors (Lipinski definition) is 1. The lowest BCUT2D eigenvalue weighted by atomic mass is 10.1. The molecule has 158 valence electrons. The van der Waals surface area contributed by atoms with Crippen LogP contribution in [-0.4, -0.2) is 74.0 Å². The summed E-state index contributed by atoms with van der Waals surface area (Å²) in [6, 6.07) is 16.5. The summed E-state index contributed by atoms with van der Waals surface area (Å²) in [7, 11) is 2.15. The van der Waals surface area contributed by atoms with E-state index < -0.39 is 6.04 Å². The van der Waals surface area contributed by atoms with Crippen LogP contribution >= 0.6 is 0 Å². The standard InChI is InChI=1S/C24H30N4O2/c1-26-14-16-27(17-15-26)13-7-12-25-23(29)22-18-20-10-5-6-11-21(20)28(22)24(30)19-8-3-2-4-9-19/h2-6,8-11,22H,7,12-18H2,1H3,(H,25,29)/t22-/m0/s1. The maximum absolute atomic E-state index is 13.2. The minimum Gasteiger partial charge on any atom is -0.354 e. The maximum Gasteiger partial charge on any atom is 0.259 e. The van der Waals surface area contributed by atoms with E-state index in [0.29, 0.717) is 18.5 Å². The van der Waals surface area contributed by atoms with Gasteiger partial charge in [0.2, 0.25) is 5.91 Å². The Hall–Kier alpha value is -2.70. The van der Waals surface area contributed by atoms with Gasteiger partial charge in [0.05, 0.1) is 0 Å². The molecule has 0 bridgehead atoms. The molecule has 2 aliphatic rings. The van der Waals surface area contributed by atoms with Crippen molar-refractivity contribution in [3.05, 3.63) is 65.7 Å². The zero-order valence-electron chi connectivity index (χ0n) is 17.6. The molecule has 1 N–H and O–H groups in total. The summed E-state index contributed by atoms with van der Waals surface area (Å²) < 4.78 is 0. The lowest BCUT2D eigenvalue weighted by molar-refractivity contribution is -0.122. The topological polar surface area (TPSA) is 55.9 Å². The van der Waals surface area contributed by atoms with E-state index in [-0.39, 0.29) is 11.8 Å². The van der Waals surface area contributed by atoms with E-state index >= 15 is 0 Å². The molecule has 1 saturated heterocycles. The molecule has 2 aliphatic heterocycles. The zero-order valence-corrected chi connectivity index (χ0v) is 17.6. The molecule has 2 aromatic rings. The van der Waals surface area contributed by atoms with Gasteiger partial charge < -0.3 is 15.1 Å². The number of benzene rings is 2. The van der Waals surface area contributed by atoms with E-state index in [2.05, 4.69) is 22.2 Å². The third kappa shape index (κ3) is 4.55. The second kappa shape index (κ2) is 9.41. The SMILES string of the molecule is CN1CCN(CCCNC(=O)[C@@H]2Cc3ccccc3N2C(=O)c2ccccc2)CC1. The van der Waals surface area contributed by atoms with Crippen LogP contribution in [0.3, 0.4) is 0 Å². The van der Waals surface area contributed by atoms with Gasteiger partial charge in [0, 0.05) is 50.4 Å². The molecule has 0 saturated carbocycles. The number of carbonyl (C=O) groups excluding carboxylic acids is 2. The monoisotopic (exact) mass is 406 g/mol. The molecular formula is C24H30N4O2. The predicted molar refractivity (Wildman–Crippen MR) is 119 cm³/mol. The summed E-state index contributed by atoms with van der Waals surface area (Å²) in [5, 5.41) is 3.07. The minimum absolute atomic E-state index is 0.0751. The average Bonchev–Trinajstić information content (AvgIpc) is 3.17. The first-order valence-corrected chi connectivity index (χ1v) is 10.8. The summed E-state index contributed by atoms with van der Waals surface area (Å²) in [5.41, 5.74) is 2.48. The van der Waals surface area contributed by atoms with Gasteiger partial charge in [-0.1, -0.05) is 36.4 Å². The van der Waals surface area contributed by atoms with Crippen LogP contribution in [0.4, 0.5) is 5.69 Å². The normalized spacial score (nSPS) is 19.5. The molecule has 4 rings (SSSR count). The summed E-state index contributed by atoms with van der Waals surface area (Å²) >= 11 is 0. The van der Waals surface area contributed by atoms with Crippen molar-refractivity contribution < 1.29 is 9.59 Å². The van der Waals surface area contributed by atoms with Gasteiger partial charge in [-0.3, -0.25) is 14.5 Å². The Labute approximate surface area is 178 Å². The van der Waals surface area contributed by atoms with Crippen molar-refractivity contribution >= 4 is 17.5 Å². The number of amides is 2. The fraction of sp³-hybridized carbons (Fsp3) is 0.417. The van der Waals surface area contributed by atoms with Gasteiger partial charge in [0.1, 0.15) is 6.04 Å². The summed E-state index contributed by atoms with van der Waals surface area (Å²) in [6.45, 7) is 5.99. The first-order chi connectivity index (χ1) is 14.6. The van der Waals surface area contributed by atoms with E-state index in [1.807, 2.05) is 42.5 Å². The highest BCUT2D eigenvalue weighted by Crippen LogP contribution is 2.33. The zero-order chi connectivity index (χ0) is 20.9. The number of likely N-dealkylation sites (N-methyl/N-ethyl adjacent to an activating group) is 1. The van der Waals surface area contributed by atoms with Gasteiger partial charge in [-0.05, 0) is 43.8 Å². The van der Waals surface area contributed by atoms with Crippen LogP contribution in [0.5, 0.6) is 0 Å². The highest BCUT2D eigenvalue weighted by Gasteiger charge is 2.38. The Kier molecular flexibility index (Phi) is 6.45. The molecule has 0 aromatic heterocycles. The number of fused-ring (bicyclic) bond motifs is 1. The second-order valence-corrected chi connectivity index (χ2v) is 8.18. The Balaban J connectivity index is 1.38. The number of hydrogen-bond acceptors (Lipinski definition) is 4. The highest BCUT2D eigenvalue weighted by molar-refractivity contribution is 6.11. The summed E-state index contributed by atoms with van der Waals surface area (Å²) in [4.78, 5) is 32.7. The van der Waals surface area contributed by atoms with Crippen molar-refractivity contribution in [2.24, 2.45) is 0 Å². The first-order valence-electron chi connectivity index (χ1n) is 10.8. The van der Waals surface area contributed by atoms with Gasteiger partial charge in [-0.15, -0.1) is 0 Å². The van der Waals surface area contributed by atoms with Crippen LogP contribution in [0.25, 0.3) is 0 Å². The molecule has 0 aliphatic carbocycles. The Morgan fingerprint density at radius 3 is 2.43 bits per heavy atom. The minimum atomic E-state index is -0.501. The van der Waals surface area contributed by atoms with Gasteiger partial charge in [0.25, 0.3) is 5.91 Å². The van der Waals surface area contributed by atoms with Gasteiger partial charge in [-0.25, -0.2) is 0 Å². The molecule has 1 fully saturated rings. The van der Waals surface area contributed by atoms with Gasteiger partial charge >= 0.3 is 0 Å². The molecule has 30 heavy (non-hydrogen) atoms. The quantitative estimate of drug-likeness (QED) is 0.746. The molecule has 0 unspecified atom stereocenters. The van der Waals surface area contributed by atoms with Crippen LogP contribution < -0.4 is 10.2 Å². The van der Waals surface area contributed by atoms with E-state index in [4.69, 9.17) is 0 Å². The van der Waals surface area contributed by atoms with E-state index in [1.54, 1.807) is 17.0 Å². The number of rotatable bonds is 6. The van der Waals surface area contributed by atoms with Crippen LogP contribution in [0, 0.1) is 0 Å². The molecule has 0 radical (unpaired) electrons. The number of anilines is 1. The molecule has 6 heteroatoms. The van der Waals surface area contributed by atoms with Crippen molar-refractivity contribution in [3.8, 4) is 0 Å². The lowest BCUT2D eigenvalue weighted by Crippen LogP contribution is -2.49. The van der Waals surface area contributed by atoms with Crippen molar-refractivity contribution in [1.82, 2.24) is 15.1 Å². The van der Waals surface area contributed by atoms with Gasteiger partial charge in [0.15, 0.2) is 0 Å². The number of nitrogens with one attached hydrogen (secondary N) is 1. The molecular weight excluding hydrogens is 376 g/mol. The maximum atomic E-state index is 13.2. The third-order valence-corrected chi connectivity index (χ3v) is 6.06. The Bertz CT molecular complexity index is 878. The van der Waals surface area contributed by atoms with Crippen LogP contribution in [0.2, 0.25) is 0 Å². The predicted octanol–water partition coefficient (Wildman–Crippen LogP) is 2.01. The summed E-state index contributed by atoms with van der Waals surface area (Å²) in [5.74, 6) is -0.202. The molecule has 1 atom stereocenters.